The smallest absolute Gasteiger partial charge is 0.322 e. The van der Waals surface area contributed by atoms with E-state index in [9.17, 15) is 9.59 Å². The van der Waals surface area contributed by atoms with Crippen LogP contribution in [0.15, 0.2) is 52.1 Å². The van der Waals surface area contributed by atoms with Crippen molar-refractivity contribution in [1.29, 1.82) is 0 Å². The van der Waals surface area contributed by atoms with Crippen molar-refractivity contribution >= 4 is 11.0 Å². The summed E-state index contributed by atoms with van der Waals surface area (Å²) in [5.41, 5.74) is 4.15. The highest BCUT2D eigenvalue weighted by molar-refractivity contribution is 5.81. The zero-order valence-corrected chi connectivity index (χ0v) is 18.2. The van der Waals surface area contributed by atoms with Crippen LogP contribution < -0.4 is 11.2 Å². The second-order valence-corrected chi connectivity index (χ2v) is 7.49. The van der Waals surface area contributed by atoms with Gasteiger partial charge in [-0.25, -0.2) is 9.78 Å². The van der Waals surface area contributed by atoms with Gasteiger partial charge in [-0.3, -0.25) is 9.78 Å². The minimum Gasteiger partial charge on any atom is -0.322 e. The molecule has 0 aromatic heterocycles. The lowest BCUT2D eigenvalue weighted by atomic mass is 10.0. The van der Waals surface area contributed by atoms with Gasteiger partial charge in [0.15, 0.2) is 11.5 Å². The second kappa shape index (κ2) is 9.03. The lowest BCUT2D eigenvalue weighted by Gasteiger charge is -2.21. The lowest BCUT2D eigenvalue weighted by molar-refractivity contribution is 0.485. The molecule has 1 N–H and O–H groups in total. The van der Waals surface area contributed by atoms with E-state index < -0.39 is 11.2 Å². The lowest BCUT2D eigenvalue weighted by Crippen LogP contribution is -2.29. The summed E-state index contributed by atoms with van der Waals surface area (Å²) in [5, 5.41) is 0. The molecule has 2 aliphatic rings. The standard InChI is InChI=1S/C22H22N4O2.C2H6/c1-13(9-16-7-5-4-6-8-16)12-26-18-11-15(3)14(2)10-17(18)23-19-20(26)24-22(28)25-21(19)27;1-2/h4-8,10-11,13H,9,12H2,1-3H3,(H,25,27,28);1-2H3. The third-order valence-electron chi connectivity index (χ3n) is 5.15. The Kier molecular flexibility index (Phi) is 6.45. The van der Waals surface area contributed by atoms with Crippen LogP contribution in [0.3, 0.4) is 0 Å². The molecule has 4 rings (SSSR count). The first-order chi connectivity index (χ1) is 14.4. The first-order valence-electron chi connectivity index (χ1n) is 10.4. The van der Waals surface area contributed by atoms with Crippen molar-refractivity contribution in [2.75, 3.05) is 0 Å². The summed E-state index contributed by atoms with van der Waals surface area (Å²) in [5.74, 6) is 0.614. The molecular weight excluding hydrogens is 376 g/mol. The fourth-order valence-electron chi connectivity index (χ4n) is 3.63. The van der Waals surface area contributed by atoms with E-state index in [1.807, 2.05) is 56.5 Å². The fourth-order valence-corrected chi connectivity index (χ4v) is 3.63. The van der Waals surface area contributed by atoms with Crippen LogP contribution in [0.5, 0.6) is 0 Å². The monoisotopic (exact) mass is 404 g/mol. The van der Waals surface area contributed by atoms with Gasteiger partial charge in [0.1, 0.15) is 0 Å². The van der Waals surface area contributed by atoms with E-state index in [-0.39, 0.29) is 11.6 Å². The maximum atomic E-state index is 12.4. The highest BCUT2D eigenvalue weighted by atomic mass is 16.2. The van der Waals surface area contributed by atoms with Crippen molar-refractivity contribution in [1.82, 2.24) is 19.5 Å². The molecule has 2 aromatic carbocycles. The molecule has 2 aliphatic heterocycles. The second-order valence-electron chi connectivity index (χ2n) is 7.49. The van der Waals surface area contributed by atoms with Gasteiger partial charge in [0.2, 0.25) is 0 Å². The van der Waals surface area contributed by atoms with Crippen LogP contribution in [0.1, 0.15) is 37.5 Å². The molecule has 1 atom stereocenters. The number of hydrogen-bond acceptors (Lipinski definition) is 4. The van der Waals surface area contributed by atoms with Crippen molar-refractivity contribution in [2.24, 2.45) is 5.92 Å². The van der Waals surface area contributed by atoms with E-state index in [0.717, 1.165) is 28.6 Å². The number of H-pyrrole nitrogens is 1. The van der Waals surface area contributed by atoms with Crippen LogP contribution in [0.4, 0.5) is 0 Å². The Morgan fingerprint density at radius 3 is 2.37 bits per heavy atom. The van der Waals surface area contributed by atoms with Gasteiger partial charge in [0.25, 0.3) is 5.56 Å². The quantitative estimate of drug-likeness (QED) is 0.519. The third kappa shape index (κ3) is 4.32. The summed E-state index contributed by atoms with van der Waals surface area (Å²) in [6, 6.07) is 14.3. The maximum Gasteiger partial charge on any atom is 0.349 e. The number of aromatic amines is 1. The van der Waals surface area contributed by atoms with Crippen LogP contribution in [0.25, 0.3) is 22.6 Å². The Labute approximate surface area is 176 Å². The Morgan fingerprint density at radius 1 is 1.00 bits per heavy atom. The first-order valence-corrected chi connectivity index (χ1v) is 10.4. The molecule has 2 heterocycles. The normalized spacial score (nSPS) is 11.9. The Hall–Kier alpha value is -3.28. The Balaban J connectivity index is 0.00000124. The van der Waals surface area contributed by atoms with E-state index in [4.69, 9.17) is 0 Å². The maximum absolute atomic E-state index is 12.4. The number of fused-ring (bicyclic) bond motifs is 2. The number of hydrogen-bond donors (Lipinski definition) is 1. The third-order valence-corrected chi connectivity index (χ3v) is 5.15. The molecule has 2 aromatic rings. The van der Waals surface area contributed by atoms with Crippen molar-refractivity contribution < 1.29 is 0 Å². The summed E-state index contributed by atoms with van der Waals surface area (Å²) >= 11 is 0. The van der Waals surface area contributed by atoms with E-state index in [0.29, 0.717) is 12.4 Å². The molecular formula is C24H28N4O2. The SMILES string of the molecule is CC.Cc1cc2nc3c(=O)[nH]c(=O)nc-3n(CC(C)Cc3ccccc3)c2cc1C. The van der Waals surface area contributed by atoms with Crippen molar-refractivity contribution in [3.63, 3.8) is 0 Å². The van der Waals surface area contributed by atoms with Crippen LogP contribution in [-0.4, -0.2) is 19.5 Å². The Bertz CT molecular complexity index is 1240. The number of aromatic nitrogens is 4. The van der Waals surface area contributed by atoms with Gasteiger partial charge in [-0.15, -0.1) is 0 Å². The molecule has 0 amide bonds. The summed E-state index contributed by atoms with van der Waals surface area (Å²) in [6.45, 7) is 10.8. The van der Waals surface area contributed by atoms with Gasteiger partial charge in [0, 0.05) is 6.54 Å². The van der Waals surface area contributed by atoms with E-state index in [1.165, 1.54) is 5.56 Å². The number of benzene rings is 2. The van der Waals surface area contributed by atoms with Crippen LogP contribution in [0, 0.1) is 19.8 Å². The molecule has 156 valence electrons. The van der Waals surface area contributed by atoms with Gasteiger partial charge < -0.3 is 4.57 Å². The molecule has 0 aliphatic carbocycles. The molecule has 6 nitrogen and oxygen atoms in total. The topological polar surface area (TPSA) is 80.6 Å². The molecule has 0 spiro atoms. The predicted octanol–water partition coefficient (Wildman–Crippen LogP) is 4.11. The van der Waals surface area contributed by atoms with Crippen LogP contribution >= 0.6 is 0 Å². The highest BCUT2D eigenvalue weighted by Gasteiger charge is 2.20. The van der Waals surface area contributed by atoms with Gasteiger partial charge in [-0.1, -0.05) is 51.1 Å². The van der Waals surface area contributed by atoms with Crippen LogP contribution in [0.2, 0.25) is 0 Å². The van der Waals surface area contributed by atoms with Gasteiger partial charge in [-0.2, -0.15) is 4.98 Å². The summed E-state index contributed by atoms with van der Waals surface area (Å²) in [6.07, 6.45) is 0.886. The Morgan fingerprint density at radius 2 is 1.67 bits per heavy atom. The number of rotatable bonds is 4. The molecule has 0 radical (unpaired) electrons. The molecule has 6 heteroatoms. The van der Waals surface area contributed by atoms with Gasteiger partial charge in [0.05, 0.1) is 11.0 Å². The molecule has 0 bridgehead atoms. The zero-order chi connectivity index (χ0) is 21.8. The molecule has 0 saturated heterocycles. The van der Waals surface area contributed by atoms with Crippen molar-refractivity contribution in [3.05, 3.63) is 80.0 Å². The summed E-state index contributed by atoms with van der Waals surface area (Å²) in [4.78, 5) is 35.1. The van der Waals surface area contributed by atoms with E-state index in [2.05, 4.69) is 40.1 Å². The first kappa shape index (κ1) is 21.4. The zero-order valence-electron chi connectivity index (χ0n) is 18.2. The average Bonchev–Trinajstić information content (AvgIpc) is 2.72. The number of nitrogens with zero attached hydrogens (tertiary/aromatic N) is 3. The molecule has 30 heavy (non-hydrogen) atoms. The number of nitrogens with one attached hydrogen (secondary N) is 1. The largest absolute Gasteiger partial charge is 0.349 e. The van der Waals surface area contributed by atoms with Crippen molar-refractivity contribution in [2.45, 2.75) is 47.6 Å². The molecule has 1 unspecified atom stereocenters. The summed E-state index contributed by atoms with van der Waals surface area (Å²) < 4.78 is 1.97. The van der Waals surface area contributed by atoms with E-state index >= 15 is 0 Å². The van der Waals surface area contributed by atoms with E-state index in [1.54, 1.807) is 0 Å². The molecule has 0 saturated carbocycles. The number of aryl methyl sites for hydroxylation is 2. The summed E-state index contributed by atoms with van der Waals surface area (Å²) in [7, 11) is 0. The van der Waals surface area contributed by atoms with Gasteiger partial charge in [-0.05, 0) is 55.0 Å². The highest BCUT2D eigenvalue weighted by Crippen LogP contribution is 2.25. The molecule has 0 fully saturated rings. The average molecular weight is 405 g/mol. The van der Waals surface area contributed by atoms with Gasteiger partial charge >= 0.3 is 5.69 Å². The minimum atomic E-state index is -0.646. The van der Waals surface area contributed by atoms with Crippen molar-refractivity contribution in [3.8, 4) is 11.5 Å². The minimum absolute atomic E-state index is 0.197. The fraction of sp³-hybridized carbons (Fsp3) is 0.333. The van der Waals surface area contributed by atoms with Crippen LogP contribution in [-0.2, 0) is 13.0 Å². The predicted molar refractivity (Wildman–Crippen MR) is 121 cm³/mol.